The summed E-state index contributed by atoms with van der Waals surface area (Å²) >= 11 is 5.14. The Morgan fingerprint density at radius 3 is 2.83 bits per heavy atom. The van der Waals surface area contributed by atoms with E-state index in [9.17, 15) is 14.9 Å². The molecule has 1 heterocycles. The zero-order valence-corrected chi connectivity index (χ0v) is 13.0. The fourth-order valence-electron chi connectivity index (χ4n) is 1.84. The molecule has 0 saturated heterocycles. The highest BCUT2D eigenvalue weighted by atomic mass is 32.1. The van der Waals surface area contributed by atoms with Gasteiger partial charge < -0.3 is 16.4 Å². The van der Waals surface area contributed by atoms with Crippen molar-refractivity contribution in [1.29, 1.82) is 0 Å². The van der Waals surface area contributed by atoms with Crippen molar-refractivity contribution in [3.8, 4) is 0 Å². The summed E-state index contributed by atoms with van der Waals surface area (Å²) in [6.45, 7) is 2.42. The van der Waals surface area contributed by atoms with Gasteiger partial charge in [-0.25, -0.2) is 0 Å². The van der Waals surface area contributed by atoms with Crippen LogP contribution < -0.4 is 16.4 Å². The highest BCUT2D eigenvalue weighted by molar-refractivity contribution is 7.80. The minimum Gasteiger partial charge on any atom is -0.364 e. The third kappa shape index (κ3) is 4.01. The van der Waals surface area contributed by atoms with E-state index in [0.29, 0.717) is 17.9 Å². The number of nitro groups is 1. The number of hydrogen-bond acceptors (Lipinski definition) is 5. The first-order valence-corrected chi connectivity index (χ1v) is 7.01. The number of benzene rings is 1. The van der Waals surface area contributed by atoms with E-state index in [4.69, 9.17) is 18.0 Å². The second kappa shape index (κ2) is 6.83. The van der Waals surface area contributed by atoms with Crippen LogP contribution in [0.2, 0.25) is 0 Å². The average Bonchev–Trinajstić information content (AvgIpc) is 2.90. The largest absolute Gasteiger partial charge is 0.364 e. The van der Waals surface area contributed by atoms with Crippen molar-refractivity contribution < 1.29 is 9.72 Å². The molecule has 0 radical (unpaired) electrons. The maximum Gasteiger partial charge on any atom is 0.271 e. The highest BCUT2D eigenvalue weighted by Gasteiger charge is 2.15. The van der Waals surface area contributed by atoms with Crippen LogP contribution >= 0.6 is 12.2 Å². The number of rotatable bonds is 5. The van der Waals surface area contributed by atoms with Crippen molar-refractivity contribution in [3.63, 3.8) is 0 Å². The highest BCUT2D eigenvalue weighted by Crippen LogP contribution is 2.18. The van der Waals surface area contributed by atoms with Gasteiger partial charge in [-0.1, -0.05) is 6.07 Å². The van der Waals surface area contributed by atoms with Gasteiger partial charge in [0.15, 0.2) is 10.8 Å². The predicted molar refractivity (Wildman–Crippen MR) is 89.4 cm³/mol. The zero-order chi connectivity index (χ0) is 17.0. The van der Waals surface area contributed by atoms with Crippen molar-refractivity contribution in [2.24, 2.45) is 5.73 Å². The summed E-state index contributed by atoms with van der Waals surface area (Å²) in [7, 11) is 0. The van der Waals surface area contributed by atoms with Crippen molar-refractivity contribution in [1.82, 2.24) is 9.78 Å². The molecule has 0 atom stereocenters. The van der Waals surface area contributed by atoms with E-state index in [1.54, 1.807) is 16.9 Å². The van der Waals surface area contributed by atoms with Crippen LogP contribution in [0.5, 0.6) is 0 Å². The first-order chi connectivity index (χ1) is 10.9. The molecule has 2 rings (SSSR count). The van der Waals surface area contributed by atoms with Crippen LogP contribution in [0.4, 0.5) is 17.1 Å². The number of nitrogens with one attached hydrogen (secondary N) is 2. The fourth-order valence-corrected chi connectivity index (χ4v) is 2.07. The summed E-state index contributed by atoms with van der Waals surface area (Å²) in [5, 5.41) is 20.6. The van der Waals surface area contributed by atoms with Crippen LogP contribution in [0.15, 0.2) is 30.5 Å². The quantitative estimate of drug-likeness (QED) is 0.431. The number of nitrogens with two attached hydrogens (primary N) is 1. The Labute approximate surface area is 136 Å². The number of nitro benzene ring substituents is 1. The Bertz CT molecular complexity index is 773. The van der Waals surface area contributed by atoms with Crippen molar-refractivity contribution in [2.45, 2.75) is 13.5 Å². The summed E-state index contributed by atoms with van der Waals surface area (Å²) in [4.78, 5) is 21.6. The molecule has 23 heavy (non-hydrogen) atoms. The van der Waals surface area contributed by atoms with Gasteiger partial charge in [0.05, 0.1) is 10.6 Å². The van der Waals surface area contributed by atoms with Crippen LogP contribution in [0.25, 0.3) is 0 Å². The van der Waals surface area contributed by atoms with E-state index >= 15 is 0 Å². The van der Waals surface area contributed by atoms with Gasteiger partial charge in [-0.3, -0.25) is 19.6 Å². The number of carbonyl (C=O) groups is 1. The molecule has 0 aliphatic rings. The lowest BCUT2D eigenvalue weighted by molar-refractivity contribution is -0.384. The average molecular weight is 334 g/mol. The summed E-state index contributed by atoms with van der Waals surface area (Å²) in [5.41, 5.74) is 6.08. The second-order valence-corrected chi connectivity index (χ2v) is 4.91. The summed E-state index contributed by atoms with van der Waals surface area (Å²) in [5.74, 6) is -0.683. The van der Waals surface area contributed by atoms with Gasteiger partial charge in [0, 0.05) is 30.6 Å². The van der Waals surface area contributed by atoms with Crippen LogP contribution in [0.1, 0.15) is 17.4 Å². The Balaban J connectivity index is 2.14. The van der Waals surface area contributed by atoms with Gasteiger partial charge in [-0.15, -0.1) is 0 Å². The van der Waals surface area contributed by atoms with Crippen molar-refractivity contribution >= 4 is 40.3 Å². The Morgan fingerprint density at radius 2 is 2.22 bits per heavy atom. The van der Waals surface area contributed by atoms with Gasteiger partial charge in [-0.05, 0) is 25.2 Å². The maximum absolute atomic E-state index is 11.4. The first kappa shape index (κ1) is 16.4. The first-order valence-electron chi connectivity index (χ1n) is 6.60. The molecule has 0 saturated carbocycles. The van der Waals surface area contributed by atoms with E-state index in [-0.39, 0.29) is 16.5 Å². The Kier molecular flexibility index (Phi) is 4.86. The Hall–Kier alpha value is -3.01. The third-order valence-electron chi connectivity index (χ3n) is 2.88. The number of aromatic nitrogens is 2. The molecule has 2 aromatic rings. The monoisotopic (exact) mass is 334 g/mol. The molecule has 1 aromatic carbocycles. The molecule has 0 aliphatic heterocycles. The lowest BCUT2D eigenvalue weighted by Crippen LogP contribution is -2.21. The van der Waals surface area contributed by atoms with Gasteiger partial charge in [0.2, 0.25) is 0 Å². The number of carbonyl (C=O) groups excluding carboxylic acids is 1. The SMILES string of the molecule is CCn1cc(NC(=S)Nc2cccc([N+](=O)[O-])c2)c(C(N)=O)n1. The number of primary amides is 1. The molecule has 10 heteroatoms. The van der Waals surface area contributed by atoms with Crippen LogP contribution in [-0.2, 0) is 6.54 Å². The van der Waals surface area contributed by atoms with Gasteiger partial charge in [-0.2, -0.15) is 5.10 Å². The van der Waals surface area contributed by atoms with Crippen molar-refractivity contribution in [2.75, 3.05) is 10.6 Å². The molecule has 0 bridgehead atoms. The summed E-state index contributed by atoms with van der Waals surface area (Å²) < 4.78 is 1.54. The molecule has 0 fully saturated rings. The molecule has 0 unspecified atom stereocenters. The standard InChI is InChI=1S/C13H14N6O3S/c1-2-18-7-10(11(17-18)12(14)20)16-13(23)15-8-4-3-5-9(6-8)19(21)22/h3-7H,2H2,1H3,(H2,14,20)(H2,15,16,23). The van der Waals surface area contributed by atoms with E-state index in [1.807, 2.05) is 6.92 Å². The Morgan fingerprint density at radius 1 is 1.48 bits per heavy atom. The zero-order valence-electron chi connectivity index (χ0n) is 12.1. The number of non-ortho nitro benzene ring substituents is 1. The molecule has 0 aliphatic carbocycles. The predicted octanol–water partition coefficient (Wildman–Crippen LogP) is 1.72. The number of anilines is 2. The number of thiocarbonyl (C=S) groups is 1. The molecule has 1 amide bonds. The molecule has 0 spiro atoms. The number of amides is 1. The summed E-state index contributed by atoms with van der Waals surface area (Å²) in [6, 6.07) is 5.88. The fraction of sp³-hybridized carbons (Fsp3) is 0.154. The van der Waals surface area contributed by atoms with Crippen LogP contribution in [-0.4, -0.2) is 25.7 Å². The van der Waals surface area contributed by atoms with Crippen LogP contribution in [0, 0.1) is 10.1 Å². The van der Waals surface area contributed by atoms with Gasteiger partial charge >= 0.3 is 0 Å². The summed E-state index contributed by atoms with van der Waals surface area (Å²) in [6.07, 6.45) is 1.60. The smallest absolute Gasteiger partial charge is 0.271 e. The van der Waals surface area contributed by atoms with Crippen molar-refractivity contribution in [3.05, 3.63) is 46.3 Å². The number of nitrogens with zero attached hydrogens (tertiary/aromatic N) is 3. The molecule has 9 nitrogen and oxygen atoms in total. The number of aryl methyl sites for hydroxylation is 1. The van der Waals surface area contributed by atoms with E-state index < -0.39 is 10.8 Å². The minimum atomic E-state index is -0.683. The van der Waals surface area contributed by atoms with E-state index in [1.165, 1.54) is 18.2 Å². The lowest BCUT2D eigenvalue weighted by Gasteiger charge is -2.09. The van der Waals surface area contributed by atoms with Crippen LogP contribution in [0.3, 0.4) is 0 Å². The lowest BCUT2D eigenvalue weighted by atomic mass is 10.3. The molecule has 120 valence electrons. The van der Waals surface area contributed by atoms with E-state index in [0.717, 1.165) is 0 Å². The van der Waals surface area contributed by atoms with Gasteiger partial charge in [0.25, 0.3) is 11.6 Å². The van der Waals surface area contributed by atoms with E-state index in [2.05, 4.69) is 15.7 Å². The topological polar surface area (TPSA) is 128 Å². The molecular formula is C13H14N6O3S. The second-order valence-electron chi connectivity index (χ2n) is 4.50. The molecular weight excluding hydrogens is 320 g/mol. The molecule has 1 aromatic heterocycles. The van der Waals surface area contributed by atoms with Gasteiger partial charge in [0.1, 0.15) is 0 Å². The maximum atomic E-state index is 11.4. The third-order valence-corrected chi connectivity index (χ3v) is 3.09. The number of hydrogen-bond donors (Lipinski definition) is 3. The minimum absolute atomic E-state index is 0.0607. The normalized spacial score (nSPS) is 10.1. The molecule has 4 N–H and O–H groups in total.